The van der Waals surface area contributed by atoms with Gasteiger partial charge in [0.25, 0.3) is 0 Å². The van der Waals surface area contributed by atoms with Crippen LogP contribution < -0.4 is 0 Å². The van der Waals surface area contributed by atoms with E-state index >= 15 is 0 Å². The van der Waals surface area contributed by atoms with Crippen molar-refractivity contribution in [3.05, 3.63) is 41.0 Å². The molecule has 0 unspecified atom stereocenters. The Morgan fingerprint density at radius 2 is 1.69 bits per heavy atom. The molecule has 0 saturated heterocycles. The highest BCUT2D eigenvalue weighted by atomic mass is 14.3. The van der Waals surface area contributed by atoms with E-state index in [0.29, 0.717) is 0 Å². The van der Waals surface area contributed by atoms with Crippen molar-refractivity contribution in [1.29, 1.82) is 5.26 Å². The Labute approximate surface area is 97.4 Å². The summed E-state index contributed by atoms with van der Waals surface area (Å²) in [7, 11) is 0. The molecule has 0 aromatic heterocycles. The minimum Gasteiger partial charge on any atom is -0.192 e. The van der Waals surface area contributed by atoms with Crippen molar-refractivity contribution < 1.29 is 0 Å². The van der Waals surface area contributed by atoms with Crippen LogP contribution in [0, 0.1) is 18.3 Å². The predicted molar refractivity (Wildman–Crippen MR) is 66.8 cm³/mol. The molecular formula is C15H17N. The molecule has 82 valence electrons. The first-order valence-corrected chi connectivity index (χ1v) is 6.00. The Hall–Kier alpha value is -1.55. The molecule has 1 fully saturated rings. The van der Waals surface area contributed by atoms with Crippen LogP contribution in [0.5, 0.6) is 0 Å². The van der Waals surface area contributed by atoms with E-state index in [-0.39, 0.29) is 0 Å². The zero-order valence-corrected chi connectivity index (χ0v) is 9.79. The smallest absolute Gasteiger partial charge is 0.0997 e. The zero-order valence-electron chi connectivity index (χ0n) is 9.79. The third kappa shape index (κ3) is 2.33. The largest absolute Gasteiger partial charge is 0.192 e. The van der Waals surface area contributed by atoms with Gasteiger partial charge in [0.05, 0.1) is 11.6 Å². The first-order valence-electron chi connectivity index (χ1n) is 6.00. The quantitative estimate of drug-likeness (QED) is 0.637. The maximum absolute atomic E-state index is 9.29. The van der Waals surface area contributed by atoms with Crippen LogP contribution in [0.3, 0.4) is 0 Å². The van der Waals surface area contributed by atoms with E-state index in [0.717, 1.165) is 24.0 Å². The second kappa shape index (κ2) is 4.99. The van der Waals surface area contributed by atoms with Crippen LogP contribution in [0.25, 0.3) is 5.57 Å². The third-order valence-corrected chi connectivity index (χ3v) is 3.26. The molecule has 1 nitrogen and oxygen atoms in total. The number of aryl methyl sites for hydroxylation is 1. The third-order valence-electron chi connectivity index (χ3n) is 3.26. The normalized spacial score (nSPS) is 15.6. The van der Waals surface area contributed by atoms with Crippen molar-refractivity contribution in [3.8, 4) is 6.07 Å². The van der Waals surface area contributed by atoms with Gasteiger partial charge in [-0.1, -0.05) is 41.8 Å². The van der Waals surface area contributed by atoms with Crippen molar-refractivity contribution in [1.82, 2.24) is 0 Å². The van der Waals surface area contributed by atoms with Crippen molar-refractivity contribution in [2.45, 2.75) is 39.0 Å². The molecule has 2 rings (SSSR count). The topological polar surface area (TPSA) is 23.8 Å². The second-order valence-electron chi connectivity index (χ2n) is 4.52. The van der Waals surface area contributed by atoms with Crippen LogP contribution in [-0.4, -0.2) is 0 Å². The van der Waals surface area contributed by atoms with Crippen LogP contribution in [0.4, 0.5) is 0 Å². The van der Waals surface area contributed by atoms with Gasteiger partial charge in [-0.2, -0.15) is 5.26 Å². The molecule has 1 aromatic rings. The molecule has 0 atom stereocenters. The van der Waals surface area contributed by atoms with Gasteiger partial charge in [0.1, 0.15) is 0 Å². The van der Waals surface area contributed by atoms with Gasteiger partial charge in [0, 0.05) is 0 Å². The van der Waals surface area contributed by atoms with Crippen LogP contribution in [0.1, 0.15) is 43.2 Å². The number of allylic oxidation sites excluding steroid dienone is 2. The molecule has 1 saturated carbocycles. The van der Waals surface area contributed by atoms with E-state index in [4.69, 9.17) is 0 Å². The minimum atomic E-state index is 0.916. The van der Waals surface area contributed by atoms with Crippen LogP contribution in [0.15, 0.2) is 29.8 Å². The molecule has 0 aliphatic heterocycles. The summed E-state index contributed by atoms with van der Waals surface area (Å²) in [5.41, 5.74) is 4.61. The molecule has 0 heterocycles. The Kier molecular flexibility index (Phi) is 3.41. The molecule has 1 heteroatoms. The van der Waals surface area contributed by atoms with Gasteiger partial charge >= 0.3 is 0 Å². The van der Waals surface area contributed by atoms with Gasteiger partial charge in [-0.25, -0.2) is 0 Å². The fourth-order valence-electron chi connectivity index (χ4n) is 2.30. The highest BCUT2D eigenvalue weighted by molar-refractivity contribution is 5.79. The monoisotopic (exact) mass is 211 g/mol. The maximum atomic E-state index is 9.29. The summed E-state index contributed by atoms with van der Waals surface area (Å²) in [4.78, 5) is 0. The van der Waals surface area contributed by atoms with Gasteiger partial charge in [-0.15, -0.1) is 0 Å². The minimum absolute atomic E-state index is 0.916. The number of benzene rings is 1. The summed E-state index contributed by atoms with van der Waals surface area (Å²) in [6, 6.07) is 10.7. The van der Waals surface area contributed by atoms with Crippen LogP contribution in [-0.2, 0) is 0 Å². The summed E-state index contributed by atoms with van der Waals surface area (Å²) in [5, 5.41) is 9.29. The first kappa shape index (κ1) is 11.0. The second-order valence-corrected chi connectivity index (χ2v) is 4.52. The molecule has 0 radical (unpaired) electrons. The van der Waals surface area contributed by atoms with E-state index in [1.807, 2.05) is 0 Å². The molecule has 1 aliphatic rings. The summed E-state index contributed by atoms with van der Waals surface area (Å²) in [6.45, 7) is 2.07. The van der Waals surface area contributed by atoms with Gasteiger partial charge < -0.3 is 0 Å². The Bertz CT molecular complexity index is 423. The van der Waals surface area contributed by atoms with Crippen molar-refractivity contribution in [2.75, 3.05) is 0 Å². The lowest BCUT2D eigenvalue weighted by Crippen LogP contribution is -1.97. The number of hydrogen-bond donors (Lipinski definition) is 0. The molecular weight excluding hydrogens is 194 g/mol. The van der Waals surface area contributed by atoms with Gasteiger partial charge in [-0.3, -0.25) is 0 Å². The number of nitrogens with zero attached hydrogens (tertiary/aromatic N) is 1. The van der Waals surface area contributed by atoms with Crippen molar-refractivity contribution >= 4 is 5.57 Å². The number of hydrogen-bond acceptors (Lipinski definition) is 1. The van der Waals surface area contributed by atoms with Gasteiger partial charge in [0.2, 0.25) is 0 Å². The Morgan fingerprint density at radius 1 is 1.06 bits per heavy atom. The lowest BCUT2D eigenvalue weighted by molar-refractivity contribution is 0.601. The Balaban J connectivity index is 2.35. The molecule has 0 N–H and O–H groups in total. The highest BCUT2D eigenvalue weighted by Gasteiger charge is 2.12. The molecule has 0 spiro atoms. The molecule has 16 heavy (non-hydrogen) atoms. The number of nitriles is 1. The lowest BCUT2D eigenvalue weighted by Gasteiger charge is -2.15. The van der Waals surface area contributed by atoms with Gasteiger partial charge in [0.15, 0.2) is 0 Å². The SMILES string of the molecule is Cc1ccc(C(C#N)=C2CCCCC2)cc1. The zero-order chi connectivity index (χ0) is 11.4. The van der Waals surface area contributed by atoms with E-state index in [2.05, 4.69) is 37.3 Å². The first-order chi connectivity index (χ1) is 7.81. The average molecular weight is 211 g/mol. The number of rotatable bonds is 1. The molecule has 1 aromatic carbocycles. The Morgan fingerprint density at radius 3 is 2.25 bits per heavy atom. The maximum Gasteiger partial charge on any atom is 0.0997 e. The molecule has 0 amide bonds. The standard InChI is InChI=1S/C15H17N/c1-12-7-9-14(10-8-12)15(11-16)13-5-3-2-4-6-13/h7-10H,2-6H2,1H3. The summed E-state index contributed by atoms with van der Waals surface area (Å²) in [6.07, 6.45) is 6.02. The predicted octanol–water partition coefficient (Wildman–Crippen LogP) is 4.24. The van der Waals surface area contributed by atoms with E-state index < -0.39 is 0 Å². The fraction of sp³-hybridized carbons (Fsp3) is 0.400. The average Bonchev–Trinajstić information content (AvgIpc) is 2.34. The van der Waals surface area contributed by atoms with E-state index in [9.17, 15) is 5.26 Å². The van der Waals surface area contributed by atoms with Crippen molar-refractivity contribution in [3.63, 3.8) is 0 Å². The molecule has 1 aliphatic carbocycles. The summed E-state index contributed by atoms with van der Waals surface area (Å²) < 4.78 is 0. The summed E-state index contributed by atoms with van der Waals surface area (Å²) >= 11 is 0. The highest BCUT2D eigenvalue weighted by Crippen LogP contribution is 2.30. The summed E-state index contributed by atoms with van der Waals surface area (Å²) in [5.74, 6) is 0. The fourth-order valence-corrected chi connectivity index (χ4v) is 2.30. The van der Waals surface area contributed by atoms with E-state index in [1.165, 1.54) is 30.4 Å². The van der Waals surface area contributed by atoms with Crippen molar-refractivity contribution in [2.24, 2.45) is 0 Å². The molecule has 0 bridgehead atoms. The van der Waals surface area contributed by atoms with Gasteiger partial charge in [-0.05, 0) is 38.2 Å². The van der Waals surface area contributed by atoms with Crippen LogP contribution in [0.2, 0.25) is 0 Å². The van der Waals surface area contributed by atoms with Crippen LogP contribution >= 0.6 is 0 Å². The van der Waals surface area contributed by atoms with E-state index in [1.54, 1.807) is 0 Å². The lowest BCUT2D eigenvalue weighted by atomic mass is 9.88.